The first-order valence-electron chi connectivity index (χ1n) is 5.76. The summed E-state index contributed by atoms with van der Waals surface area (Å²) in [6, 6.07) is 4.00. The van der Waals surface area contributed by atoms with Crippen LogP contribution in [0.25, 0.3) is 0 Å². The smallest absolute Gasteiger partial charge is 0.268 e. The molecule has 6 nitrogen and oxygen atoms in total. The Kier molecular flexibility index (Phi) is 3.93. The van der Waals surface area contributed by atoms with E-state index in [4.69, 9.17) is 0 Å². The Labute approximate surface area is 119 Å². The molecule has 0 unspecified atom stereocenters. The van der Waals surface area contributed by atoms with Gasteiger partial charge in [0.1, 0.15) is 0 Å². The first kappa shape index (κ1) is 15.6. The molecule has 0 aliphatic heterocycles. The number of halogens is 4. The van der Waals surface area contributed by atoms with Crippen molar-refractivity contribution in [2.24, 2.45) is 0 Å². The van der Waals surface area contributed by atoms with E-state index < -0.39 is 40.4 Å². The molecule has 1 aromatic carbocycles. The molecule has 0 aliphatic carbocycles. The van der Waals surface area contributed by atoms with E-state index in [0.29, 0.717) is 16.8 Å². The molecule has 0 N–H and O–H groups in total. The van der Waals surface area contributed by atoms with Crippen molar-refractivity contribution < 1.29 is 22.5 Å². The van der Waals surface area contributed by atoms with Crippen molar-refractivity contribution in [2.75, 3.05) is 0 Å². The van der Waals surface area contributed by atoms with E-state index in [0.717, 1.165) is 18.2 Å². The summed E-state index contributed by atoms with van der Waals surface area (Å²) < 4.78 is 51.5. The predicted molar refractivity (Wildman–Crippen MR) is 65.7 cm³/mol. The molecule has 0 spiro atoms. The molecular formula is C12H7F4N3O3. The number of nitro benzene ring substituents is 1. The van der Waals surface area contributed by atoms with E-state index in [1.807, 2.05) is 0 Å². The van der Waals surface area contributed by atoms with Gasteiger partial charge in [0.2, 0.25) is 5.82 Å². The zero-order valence-corrected chi connectivity index (χ0v) is 10.7. The van der Waals surface area contributed by atoms with Crippen LogP contribution in [0.4, 0.5) is 23.2 Å². The topological polar surface area (TPSA) is 78.0 Å². The fourth-order valence-corrected chi connectivity index (χ4v) is 1.68. The molecule has 0 fully saturated rings. The van der Waals surface area contributed by atoms with Gasteiger partial charge < -0.3 is 0 Å². The Balaban J connectivity index is 2.37. The fraction of sp³-hybridized carbons (Fsp3) is 0.167. The van der Waals surface area contributed by atoms with Crippen molar-refractivity contribution in [3.05, 3.63) is 67.9 Å². The Bertz CT molecular complexity index is 786. The maximum absolute atomic E-state index is 13.4. The van der Waals surface area contributed by atoms with Gasteiger partial charge in [0, 0.05) is 12.1 Å². The summed E-state index contributed by atoms with van der Waals surface area (Å²) in [4.78, 5) is 21.0. The number of nitro groups is 1. The van der Waals surface area contributed by atoms with Crippen molar-refractivity contribution in [3.8, 4) is 0 Å². The highest BCUT2D eigenvalue weighted by Gasteiger charge is 2.33. The summed E-state index contributed by atoms with van der Waals surface area (Å²) in [7, 11) is 0. The van der Waals surface area contributed by atoms with E-state index in [-0.39, 0.29) is 5.56 Å². The molecule has 0 radical (unpaired) electrons. The van der Waals surface area contributed by atoms with Gasteiger partial charge >= 0.3 is 11.9 Å². The van der Waals surface area contributed by atoms with Gasteiger partial charge in [-0.05, 0) is 17.7 Å². The van der Waals surface area contributed by atoms with Gasteiger partial charge in [-0.3, -0.25) is 14.9 Å². The standard InChI is InChI=1S/C12H7F4N3O3/c13-8-5-7(1-2-9(8)19(21)22)6-18-11(20)4-3-10(17-18)12(14,15)16/h1-5H,6H2. The molecule has 10 heteroatoms. The second-order valence-electron chi connectivity index (χ2n) is 4.26. The molecule has 0 bridgehead atoms. The van der Waals surface area contributed by atoms with Crippen molar-refractivity contribution in [1.29, 1.82) is 0 Å². The van der Waals surface area contributed by atoms with Gasteiger partial charge in [0.25, 0.3) is 5.56 Å². The van der Waals surface area contributed by atoms with Gasteiger partial charge in [-0.25, -0.2) is 4.68 Å². The Hall–Kier alpha value is -2.78. The largest absolute Gasteiger partial charge is 0.435 e. The van der Waals surface area contributed by atoms with Gasteiger partial charge in [-0.1, -0.05) is 6.07 Å². The summed E-state index contributed by atoms with van der Waals surface area (Å²) in [5.74, 6) is -1.15. The quantitative estimate of drug-likeness (QED) is 0.494. The maximum atomic E-state index is 13.4. The lowest BCUT2D eigenvalue weighted by Crippen LogP contribution is -2.26. The van der Waals surface area contributed by atoms with Crippen molar-refractivity contribution in [1.82, 2.24) is 9.78 Å². The molecule has 22 heavy (non-hydrogen) atoms. The zero-order valence-electron chi connectivity index (χ0n) is 10.7. The third-order valence-electron chi connectivity index (χ3n) is 2.70. The van der Waals surface area contributed by atoms with E-state index >= 15 is 0 Å². The molecule has 116 valence electrons. The van der Waals surface area contributed by atoms with Crippen LogP contribution in [-0.2, 0) is 12.7 Å². The van der Waals surface area contributed by atoms with Crippen LogP contribution in [0.2, 0.25) is 0 Å². The minimum Gasteiger partial charge on any atom is -0.268 e. The van der Waals surface area contributed by atoms with Crippen LogP contribution in [0.15, 0.2) is 35.1 Å². The number of nitrogens with zero attached hydrogens (tertiary/aromatic N) is 3. The molecule has 0 aliphatic rings. The van der Waals surface area contributed by atoms with Crippen molar-refractivity contribution in [2.45, 2.75) is 12.7 Å². The van der Waals surface area contributed by atoms with Crippen LogP contribution < -0.4 is 5.56 Å². The third-order valence-corrected chi connectivity index (χ3v) is 2.70. The van der Waals surface area contributed by atoms with Crippen LogP contribution in [0.3, 0.4) is 0 Å². The highest BCUT2D eigenvalue weighted by atomic mass is 19.4. The van der Waals surface area contributed by atoms with Crippen molar-refractivity contribution >= 4 is 5.69 Å². The Morgan fingerprint density at radius 3 is 2.45 bits per heavy atom. The van der Waals surface area contributed by atoms with E-state index in [9.17, 15) is 32.5 Å². The van der Waals surface area contributed by atoms with E-state index in [1.165, 1.54) is 0 Å². The Morgan fingerprint density at radius 1 is 1.23 bits per heavy atom. The van der Waals surface area contributed by atoms with Gasteiger partial charge in [0.05, 0.1) is 11.5 Å². The normalized spacial score (nSPS) is 11.5. The van der Waals surface area contributed by atoms with Gasteiger partial charge in [-0.2, -0.15) is 22.7 Å². The number of aromatic nitrogens is 2. The predicted octanol–water partition coefficient (Wildman–Crippen LogP) is 2.36. The van der Waals surface area contributed by atoms with E-state index in [1.54, 1.807) is 0 Å². The summed E-state index contributed by atoms with van der Waals surface area (Å²) >= 11 is 0. The first-order valence-corrected chi connectivity index (χ1v) is 5.76. The average Bonchev–Trinajstić information content (AvgIpc) is 2.39. The summed E-state index contributed by atoms with van der Waals surface area (Å²) in [6.07, 6.45) is -4.73. The molecule has 0 amide bonds. The Morgan fingerprint density at radius 2 is 1.91 bits per heavy atom. The first-order chi connectivity index (χ1) is 10.2. The van der Waals surface area contributed by atoms with Crippen LogP contribution in [0.5, 0.6) is 0 Å². The second kappa shape index (κ2) is 5.54. The van der Waals surface area contributed by atoms with Crippen LogP contribution in [-0.4, -0.2) is 14.7 Å². The summed E-state index contributed by atoms with van der Waals surface area (Å²) in [5.41, 5.74) is -2.79. The van der Waals surface area contributed by atoms with Crippen LogP contribution in [0, 0.1) is 15.9 Å². The highest BCUT2D eigenvalue weighted by molar-refractivity contribution is 5.35. The van der Waals surface area contributed by atoms with Crippen LogP contribution >= 0.6 is 0 Å². The number of hydrogen-bond acceptors (Lipinski definition) is 4. The molecular weight excluding hydrogens is 310 g/mol. The average molecular weight is 317 g/mol. The maximum Gasteiger partial charge on any atom is 0.435 e. The summed E-state index contributed by atoms with van der Waals surface area (Å²) in [5, 5.41) is 13.6. The highest BCUT2D eigenvalue weighted by Crippen LogP contribution is 2.26. The molecule has 0 saturated heterocycles. The number of rotatable bonds is 3. The number of alkyl halides is 3. The zero-order chi connectivity index (χ0) is 16.5. The summed E-state index contributed by atoms with van der Waals surface area (Å²) in [6.45, 7) is -0.447. The van der Waals surface area contributed by atoms with Gasteiger partial charge in [-0.15, -0.1) is 0 Å². The number of hydrogen-bond donors (Lipinski definition) is 0. The number of benzene rings is 1. The van der Waals surface area contributed by atoms with Crippen LogP contribution in [0.1, 0.15) is 11.3 Å². The molecule has 0 saturated carbocycles. The second-order valence-corrected chi connectivity index (χ2v) is 4.26. The third kappa shape index (κ3) is 3.27. The minimum atomic E-state index is -4.73. The minimum absolute atomic E-state index is 0.0667. The lowest BCUT2D eigenvalue weighted by atomic mass is 10.2. The molecule has 1 heterocycles. The van der Waals surface area contributed by atoms with Gasteiger partial charge in [0.15, 0.2) is 5.69 Å². The van der Waals surface area contributed by atoms with E-state index in [2.05, 4.69) is 5.10 Å². The molecule has 0 atom stereocenters. The lowest BCUT2D eigenvalue weighted by molar-refractivity contribution is -0.387. The SMILES string of the molecule is O=c1ccc(C(F)(F)F)nn1Cc1ccc([N+](=O)[O-])c(F)c1. The van der Waals surface area contributed by atoms with Crippen molar-refractivity contribution in [3.63, 3.8) is 0 Å². The molecule has 2 rings (SSSR count). The molecule has 2 aromatic rings. The molecule has 1 aromatic heterocycles. The fourth-order valence-electron chi connectivity index (χ4n) is 1.68. The monoisotopic (exact) mass is 317 g/mol. The lowest BCUT2D eigenvalue weighted by Gasteiger charge is -2.09.